The van der Waals surface area contributed by atoms with Crippen LogP contribution >= 0.6 is 23.1 Å². The van der Waals surface area contributed by atoms with Gasteiger partial charge < -0.3 is 0 Å². The van der Waals surface area contributed by atoms with E-state index in [1.807, 2.05) is 14.0 Å². The van der Waals surface area contributed by atoms with Gasteiger partial charge in [0, 0.05) is 18.9 Å². The van der Waals surface area contributed by atoms with Crippen molar-refractivity contribution in [2.45, 2.75) is 45.6 Å². The number of nitrogens with zero attached hydrogens (tertiary/aromatic N) is 4. The molecule has 6 nitrogen and oxygen atoms in total. The van der Waals surface area contributed by atoms with Crippen LogP contribution in [0, 0.1) is 6.92 Å². The van der Waals surface area contributed by atoms with Crippen LogP contribution in [0.2, 0.25) is 5.02 Å². The number of aromatic nitrogens is 4. The predicted octanol–water partition coefficient (Wildman–Crippen LogP) is 2.28. The molecule has 0 aliphatic carbocycles. The highest BCUT2D eigenvalue weighted by molar-refractivity contribution is 7.05. The third kappa shape index (κ3) is 3.26. The molecule has 2 heterocycles. The van der Waals surface area contributed by atoms with Crippen molar-refractivity contribution in [1.29, 1.82) is 0 Å². The predicted molar refractivity (Wildman–Crippen MR) is 85.3 cm³/mol. The molecule has 1 atom stereocenters. The first kappa shape index (κ1) is 16.4. The van der Waals surface area contributed by atoms with Crippen LogP contribution in [0.25, 0.3) is 0 Å². The second kappa shape index (κ2) is 6.00. The molecule has 21 heavy (non-hydrogen) atoms. The number of nitrogens with one attached hydrogen (secondary N) is 1. The van der Waals surface area contributed by atoms with Gasteiger partial charge in [0.1, 0.15) is 0 Å². The molecular formula is C13H21ClN6S. The van der Waals surface area contributed by atoms with Gasteiger partial charge in [-0.3, -0.25) is 16.0 Å². The highest BCUT2D eigenvalue weighted by Gasteiger charge is 2.28. The molecule has 0 bridgehead atoms. The van der Waals surface area contributed by atoms with E-state index in [2.05, 4.69) is 40.9 Å². The van der Waals surface area contributed by atoms with Crippen LogP contribution in [-0.2, 0) is 18.9 Å². The zero-order valence-corrected chi connectivity index (χ0v) is 14.5. The van der Waals surface area contributed by atoms with Crippen molar-refractivity contribution in [2.75, 3.05) is 0 Å². The molecule has 0 aromatic carbocycles. The van der Waals surface area contributed by atoms with Crippen molar-refractivity contribution in [3.05, 3.63) is 27.0 Å². The van der Waals surface area contributed by atoms with Crippen molar-refractivity contribution in [3.63, 3.8) is 0 Å². The molecule has 0 aliphatic heterocycles. The van der Waals surface area contributed by atoms with E-state index in [1.165, 1.54) is 11.5 Å². The molecule has 2 aromatic heterocycles. The lowest BCUT2D eigenvalue weighted by Crippen LogP contribution is -2.31. The highest BCUT2D eigenvalue weighted by Crippen LogP contribution is 2.33. The second-order valence-electron chi connectivity index (χ2n) is 6.13. The maximum atomic E-state index is 6.33. The molecule has 0 saturated heterocycles. The van der Waals surface area contributed by atoms with Gasteiger partial charge in [-0.05, 0) is 18.5 Å². The fourth-order valence-corrected chi connectivity index (χ4v) is 3.43. The molecular weight excluding hydrogens is 308 g/mol. The van der Waals surface area contributed by atoms with E-state index in [-0.39, 0.29) is 11.5 Å². The SMILES string of the molecule is Cc1nn(C)c(CC(NN)c2snnc2C(C)(C)C)c1Cl. The Balaban J connectivity index is 2.35. The van der Waals surface area contributed by atoms with Gasteiger partial charge in [0.25, 0.3) is 0 Å². The van der Waals surface area contributed by atoms with Crippen LogP contribution in [0.5, 0.6) is 0 Å². The standard InChI is InChI=1S/C13H21ClN6S/c1-7-10(14)9(20(5)18-7)6-8(16-15)11-12(13(2,3)4)17-19-21-11/h8,16H,6,15H2,1-5H3. The lowest BCUT2D eigenvalue weighted by molar-refractivity contribution is 0.504. The number of nitrogens with two attached hydrogens (primary N) is 1. The first-order valence-electron chi connectivity index (χ1n) is 6.72. The van der Waals surface area contributed by atoms with Gasteiger partial charge in [-0.2, -0.15) is 5.10 Å². The Kier molecular flexibility index (Phi) is 4.67. The monoisotopic (exact) mass is 328 g/mol. The van der Waals surface area contributed by atoms with Gasteiger partial charge >= 0.3 is 0 Å². The third-order valence-corrected chi connectivity index (χ3v) is 4.73. The van der Waals surface area contributed by atoms with Crippen molar-refractivity contribution < 1.29 is 0 Å². The van der Waals surface area contributed by atoms with Gasteiger partial charge in [0.2, 0.25) is 0 Å². The molecule has 3 N–H and O–H groups in total. The van der Waals surface area contributed by atoms with Crippen LogP contribution in [0.4, 0.5) is 0 Å². The van der Waals surface area contributed by atoms with Crippen LogP contribution in [0.1, 0.15) is 48.8 Å². The topological polar surface area (TPSA) is 81.7 Å². The summed E-state index contributed by atoms with van der Waals surface area (Å²) in [6.07, 6.45) is 0.639. The molecule has 2 rings (SSSR count). The molecule has 0 radical (unpaired) electrons. The average Bonchev–Trinajstić information content (AvgIpc) is 2.95. The van der Waals surface area contributed by atoms with E-state index in [9.17, 15) is 0 Å². The average molecular weight is 329 g/mol. The van der Waals surface area contributed by atoms with Crippen molar-refractivity contribution in [3.8, 4) is 0 Å². The normalized spacial score (nSPS) is 13.7. The smallest absolute Gasteiger partial charge is 0.0857 e. The molecule has 116 valence electrons. The van der Waals surface area contributed by atoms with Crippen LogP contribution < -0.4 is 11.3 Å². The molecule has 8 heteroatoms. The Bertz CT molecular complexity index is 627. The van der Waals surface area contributed by atoms with Crippen LogP contribution in [0.3, 0.4) is 0 Å². The summed E-state index contributed by atoms with van der Waals surface area (Å²) in [5.41, 5.74) is 5.52. The number of hydrogen-bond donors (Lipinski definition) is 2. The van der Waals surface area contributed by atoms with Gasteiger partial charge in [0.05, 0.1) is 33.0 Å². The highest BCUT2D eigenvalue weighted by atomic mass is 35.5. The van der Waals surface area contributed by atoms with Crippen LogP contribution in [0.15, 0.2) is 0 Å². The first-order chi connectivity index (χ1) is 9.75. The Labute approximate surface area is 133 Å². The van der Waals surface area contributed by atoms with Crippen molar-refractivity contribution >= 4 is 23.1 Å². The summed E-state index contributed by atoms with van der Waals surface area (Å²) in [5.74, 6) is 5.76. The fourth-order valence-electron chi connectivity index (χ4n) is 2.27. The molecule has 0 spiro atoms. The summed E-state index contributed by atoms with van der Waals surface area (Å²) >= 11 is 7.70. The minimum atomic E-state index is -0.0912. The van der Waals surface area contributed by atoms with Crippen LogP contribution in [-0.4, -0.2) is 19.4 Å². The zero-order valence-electron chi connectivity index (χ0n) is 12.9. The number of hydrazine groups is 1. The van der Waals surface area contributed by atoms with Gasteiger partial charge in [-0.15, -0.1) is 5.10 Å². The number of rotatable bonds is 4. The van der Waals surface area contributed by atoms with Gasteiger partial charge in [-0.25, -0.2) is 0 Å². The maximum absolute atomic E-state index is 6.33. The van der Waals surface area contributed by atoms with E-state index >= 15 is 0 Å². The summed E-state index contributed by atoms with van der Waals surface area (Å²) in [4.78, 5) is 1.04. The van der Waals surface area contributed by atoms with Crippen molar-refractivity contribution in [1.82, 2.24) is 24.8 Å². The Morgan fingerprint density at radius 1 is 1.43 bits per heavy atom. The zero-order chi connectivity index (χ0) is 15.8. The first-order valence-corrected chi connectivity index (χ1v) is 7.87. The van der Waals surface area contributed by atoms with E-state index in [1.54, 1.807) is 4.68 Å². The number of halogens is 1. The quantitative estimate of drug-likeness (QED) is 0.664. The van der Waals surface area contributed by atoms with Gasteiger partial charge in [0.15, 0.2) is 0 Å². The summed E-state index contributed by atoms with van der Waals surface area (Å²) in [5, 5.41) is 9.29. The lowest BCUT2D eigenvalue weighted by atomic mass is 9.89. The number of aryl methyl sites for hydroxylation is 2. The molecule has 0 amide bonds. The second-order valence-corrected chi connectivity index (χ2v) is 7.29. The maximum Gasteiger partial charge on any atom is 0.0857 e. The Hall–Kier alpha value is -1.02. The van der Waals surface area contributed by atoms with Crippen molar-refractivity contribution in [2.24, 2.45) is 12.9 Å². The Morgan fingerprint density at radius 2 is 2.10 bits per heavy atom. The van der Waals surface area contributed by atoms with Gasteiger partial charge in [-0.1, -0.05) is 36.9 Å². The molecule has 0 fully saturated rings. The summed E-state index contributed by atoms with van der Waals surface area (Å²) in [6.45, 7) is 8.23. The Morgan fingerprint density at radius 3 is 2.57 bits per heavy atom. The molecule has 0 aliphatic rings. The summed E-state index contributed by atoms with van der Waals surface area (Å²) < 4.78 is 5.89. The molecule has 0 saturated carbocycles. The minimum absolute atomic E-state index is 0.0798. The minimum Gasteiger partial charge on any atom is -0.271 e. The molecule has 1 unspecified atom stereocenters. The van der Waals surface area contributed by atoms with E-state index < -0.39 is 0 Å². The fraction of sp³-hybridized carbons (Fsp3) is 0.615. The summed E-state index contributed by atoms with van der Waals surface area (Å²) in [7, 11) is 1.89. The van der Waals surface area contributed by atoms with E-state index in [0.717, 1.165) is 22.0 Å². The summed E-state index contributed by atoms with van der Waals surface area (Å²) in [6, 6.07) is -0.0912. The molecule has 2 aromatic rings. The largest absolute Gasteiger partial charge is 0.271 e. The van der Waals surface area contributed by atoms with E-state index in [4.69, 9.17) is 17.4 Å². The lowest BCUT2D eigenvalue weighted by Gasteiger charge is -2.21. The third-order valence-electron chi connectivity index (χ3n) is 3.40. The van der Waals surface area contributed by atoms with E-state index in [0.29, 0.717) is 11.4 Å². The number of hydrogen-bond acceptors (Lipinski definition) is 6.